The molecule has 1 heterocycles. The van der Waals surface area contributed by atoms with Gasteiger partial charge in [0.25, 0.3) is 5.76 Å². The van der Waals surface area contributed by atoms with E-state index in [2.05, 4.69) is 0 Å². The highest BCUT2D eigenvalue weighted by Crippen LogP contribution is 2.37. The average Bonchev–Trinajstić information content (AvgIpc) is 2.84. The van der Waals surface area contributed by atoms with Crippen molar-refractivity contribution in [1.29, 1.82) is 0 Å². The summed E-state index contributed by atoms with van der Waals surface area (Å²) >= 11 is 0. The Morgan fingerprint density at radius 3 is 2.62 bits per heavy atom. The third kappa shape index (κ3) is 1.28. The maximum atomic E-state index is 10.5. The Labute approximate surface area is 75.3 Å². The van der Waals surface area contributed by atoms with Crippen LogP contribution in [0.15, 0.2) is 30.0 Å². The monoisotopic (exact) mass is 176 g/mol. The van der Waals surface area contributed by atoms with Gasteiger partial charge >= 0.3 is 5.97 Å². The van der Waals surface area contributed by atoms with Crippen molar-refractivity contribution < 1.29 is 14.6 Å². The normalized spacial score (nSPS) is 13.9. The molecular formula is C10H8O3. The summed E-state index contributed by atoms with van der Waals surface area (Å²) in [5.41, 5.74) is 1.88. The maximum absolute atomic E-state index is 10.5. The highest BCUT2D eigenvalue weighted by Gasteiger charge is 2.33. The zero-order valence-corrected chi connectivity index (χ0v) is 7.07. The number of carboxylic acids is 1. The Hall–Kier alpha value is -1.77. The summed E-state index contributed by atoms with van der Waals surface area (Å²) in [6, 6.07) is 7.53. The van der Waals surface area contributed by atoms with Crippen LogP contribution in [0.1, 0.15) is 11.1 Å². The predicted molar refractivity (Wildman–Crippen MR) is 46.8 cm³/mol. The van der Waals surface area contributed by atoms with E-state index in [4.69, 9.17) is 9.84 Å². The largest absolute Gasteiger partial charge is 0.475 e. The molecule has 13 heavy (non-hydrogen) atoms. The van der Waals surface area contributed by atoms with Crippen molar-refractivity contribution in [3.8, 4) is 0 Å². The highest BCUT2D eigenvalue weighted by molar-refractivity contribution is 6.00. The van der Waals surface area contributed by atoms with Crippen LogP contribution in [0.4, 0.5) is 0 Å². The van der Waals surface area contributed by atoms with Crippen LogP contribution in [-0.2, 0) is 9.53 Å². The minimum absolute atomic E-state index is 0.0642. The molecule has 1 aromatic carbocycles. The van der Waals surface area contributed by atoms with Gasteiger partial charge in [0.15, 0.2) is 5.76 Å². The minimum Gasteiger partial charge on any atom is -0.475 e. The number of ether oxygens (including phenoxy) is 1. The number of hydrogen-bond acceptors (Lipinski definition) is 2. The Morgan fingerprint density at radius 2 is 2.08 bits per heavy atom. The number of hydrogen-bond donors (Lipinski definition) is 1. The number of carboxylic acid groups (broad SMARTS) is 1. The van der Waals surface area contributed by atoms with Crippen LogP contribution in [0, 0.1) is 6.92 Å². The van der Waals surface area contributed by atoms with Crippen molar-refractivity contribution in [2.24, 2.45) is 0 Å². The molecule has 0 saturated carbocycles. The van der Waals surface area contributed by atoms with Crippen molar-refractivity contribution >= 4 is 11.7 Å². The molecule has 1 N–H and O–H groups in total. The molecule has 0 radical (unpaired) electrons. The fraction of sp³-hybridized carbons (Fsp3) is 0.100. The lowest BCUT2D eigenvalue weighted by molar-refractivity contribution is -0.133. The smallest absolute Gasteiger partial charge is 0.375 e. The Bertz CT molecular complexity index is 404. The van der Waals surface area contributed by atoms with Gasteiger partial charge in [-0.15, -0.1) is 0 Å². The molecule has 1 aliphatic heterocycles. The maximum Gasteiger partial charge on any atom is 0.375 e. The van der Waals surface area contributed by atoms with E-state index in [9.17, 15) is 4.79 Å². The summed E-state index contributed by atoms with van der Waals surface area (Å²) in [5, 5.41) is 8.59. The second kappa shape index (κ2) is 2.62. The van der Waals surface area contributed by atoms with Gasteiger partial charge in [0.1, 0.15) is 0 Å². The lowest BCUT2D eigenvalue weighted by atomic mass is 10.1. The van der Waals surface area contributed by atoms with E-state index < -0.39 is 5.97 Å². The van der Waals surface area contributed by atoms with Crippen LogP contribution in [0.5, 0.6) is 0 Å². The molecule has 2 rings (SSSR count). The van der Waals surface area contributed by atoms with Crippen LogP contribution >= 0.6 is 0 Å². The van der Waals surface area contributed by atoms with Crippen LogP contribution in [0.3, 0.4) is 0 Å². The summed E-state index contributed by atoms with van der Waals surface area (Å²) in [6.45, 7) is 1.92. The first-order valence-corrected chi connectivity index (χ1v) is 3.91. The molecular weight excluding hydrogens is 168 g/mol. The second-order valence-electron chi connectivity index (χ2n) is 2.88. The molecule has 0 unspecified atom stereocenters. The van der Waals surface area contributed by atoms with Gasteiger partial charge in [-0.25, -0.2) is 4.79 Å². The molecule has 0 atom stereocenters. The number of aryl methyl sites for hydroxylation is 1. The number of aliphatic carboxylic acids is 1. The summed E-state index contributed by atoms with van der Waals surface area (Å²) < 4.78 is 4.88. The van der Waals surface area contributed by atoms with Gasteiger partial charge < -0.3 is 9.84 Å². The first-order valence-electron chi connectivity index (χ1n) is 3.91. The third-order valence-electron chi connectivity index (χ3n) is 1.95. The topological polar surface area (TPSA) is 49.8 Å². The number of benzene rings is 1. The van der Waals surface area contributed by atoms with Crippen molar-refractivity contribution in [2.45, 2.75) is 6.92 Å². The van der Waals surface area contributed by atoms with Crippen LogP contribution < -0.4 is 0 Å². The molecule has 66 valence electrons. The average molecular weight is 176 g/mol. The molecule has 0 saturated heterocycles. The van der Waals surface area contributed by atoms with Gasteiger partial charge in [-0.1, -0.05) is 24.3 Å². The number of carbonyl (C=O) groups is 1. The predicted octanol–water partition coefficient (Wildman–Crippen LogP) is 1.78. The van der Waals surface area contributed by atoms with E-state index in [1.54, 1.807) is 0 Å². The first-order chi connectivity index (χ1) is 6.20. The summed E-state index contributed by atoms with van der Waals surface area (Å²) in [7, 11) is 0. The van der Waals surface area contributed by atoms with Crippen molar-refractivity contribution in [3.63, 3.8) is 0 Å². The van der Waals surface area contributed by atoms with Crippen molar-refractivity contribution in [1.82, 2.24) is 0 Å². The van der Waals surface area contributed by atoms with Gasteiger partial charge in [-0.05, 0) is 12.5 Å². The molecule has 0 aliphatic carbocycles. The molecule has 1 aliphatic rings. The van der Waals surface area contributed by atoms with Crippen LogP contribution in [-0.4, -0.2) is 11.1 Å². The standard InChI is InChI=1S/C10H8O3/c1-6-4-2-3-5-7(6)8-9(13-8)10(11)12/h2-5H,1H3,(H,11,12). The van der Waals surface area contributed by atoms with E-state index in [1.807, 2.05) is 31.2 Å². The quantitative estimate of drug-likeness (QED) is 0.747. The van der Waals surface area contributed by atoms with Crippen molar-refractivity contribution in [3.05, 3.63) is 41.2 Å². The second-order valence-corrected chi connectivity index (χ2v) is 2.88. The SMILES string of the molecule is Cc1ccccc1C1=C(C(=O)O)O1. The highest BCUT2D eigenvalue weighted by atomic mass is 16.6. The molecule has 0 aromatic heterocycles. The summed E-state index contributed by atoms with van der Waals surface area (Å²) in [5.74, 6) is -0.446. The fourth-order valence-corrected chi connectivity index (χ4v) is 1.22. The van der Waals surface area contributed by atoms with Gasteiger partial charge in [-0.2, -0.15) is 0 Å². The van der Waals surface area contributed by atoms with E-state index in [-0.39, 0.29) is 5.76 Å². The molecule has 3 heteroatoms. The molecule has 0 amide bonds. The van der Waals surface area contributed by atoms with E-state index in [0.717, 1.165) is 11.1 Å². The molecule has 0 fully saturated rings. The van der Waals surface area contributed by atoms with E-state index in [0.29, 0.717) is 5.76 Å². The van der Waals surface area contributed by atoms with E-state index in [1.165, 1.54) is 0 Å². The minimum atomic E-state index is -1.00. The van der Waals surface area contributed by atoms with Gasteiger partial charge in [-0.3, -0.25) is 0 Å². The lowest BCUT2D eigenvalue weighted by Crippen LogP contribution is -1.88. The van der Waals surface area contributed by atoms with Gasteiger partial charge in [0.05, 0.1) is 0 Å². The fourth-order valence-electron chi connectivity index (χ4n) is 1.22. The summed E-state index contributed by atoms with van der Waals surface area (Å²) in [6.07, 6.45) is 0. The molecule has 0 spiro atoms. The summed E-state index contributed by atoms with van der Waals surface area (Å²) in [4.78, 5) is 10.5. The molecule has 1 aromatic rings. The van der Waals surface area contributed by atoms with Crippen LogP contribution in [0.25, 0.3) is 5.76 Å². The van der Waals surface area contributed by atoms with Crippen molar-refractivity contribution in [2.75, 3.05) is 0 Å². The van der Waals surface area contributed by atoms with Gasteiger partial charge in [0.2, 0.25) is 0 Å². The Morgan fingerprint density at radius 1 is 1.38 bits per heavy atom. The number of rotatable bonds is 2. The van der Waals surface area contributed by atoms with E-state index >= 15 is 0 Å². The molecule has 0 bridgehead atoms. The zero-order valence-electron chi connectivity index (χ0n) is 7.07. The Kier molecular flexibility index (Phi) is 1.59. The first kappa shape index (κ1) is 7.86. The third-order valence-corrected chi connectivity index (χ3v) is 1.95. The zero-order chi connectivity index (χ0) is 9.42. The van der Waals surface area contributed by atoms with Crippen LogP contribution in [0.2, 0.25) is 0 Å². The Balaban J connectivity index is 2.40. The van der Waals surface area contributed by atoms with Gasteiger partial charge in [0, 0.05) is 5.56 Å². The molecule has 3 nitrogen and oxygen atoms in total. The lowest BCUT2D eigenvalue weighted by Gasteiger charge is -1.95.